The van der Waals surface area contributed by atoms with Gasteiger partial charge in [0.25, 0.3) is 0 Å². The normalized spacial score (nSPS) is 15.1. The Kier molecular flexibility index (Phi) is 13.5. The van der Waals surface area contributed by atoms with Crippen molar-refractivity contribution in [3.8, 4) is 0 Å². The van der Waals surface area contributed by atoms with Gasteiger partial charge in [-0.1, -0.05) is 20.3 Å². The summed E-state index contributed by atoms with van der Waals surface area (Å²) < 4.78 is 0. The molecule has 0 aliphatic rings. The molecule has 9 N–H and O–H groups in total. The molecule has 0 radical (unpaired) electrons. The molecule has 1 aromatic heterocycles. The van der Waals surface area contributed by atoms with Gasteiger partial charge in [0.2, 0.25) is 23.6 Å². The van der Waals surface area contributed by atoms with Crippen LogP contribution in [0.5, 0.6) is 0 Å². The second kappa shape index (κ2) is 15.8. The van der Waals surface area contributed by atoms with Crippen LogP contribution in [0.4, 0.5) is 0 Å². The highest BCUT2D eigenvalue weighted by atomic mass is 32.2. The van der Waals surface area contributed by atoms with E-state index < -0.39 is 53.8 Å². The molecule has 5 unspecified atom stereocenters. The Bertz CT molecular complexity index is 882. The van der Waals surface area contributed by atoms with E-state index in [1.807, 2.05) is 13.2 Å². The molecule has 0 fully saturated rings. The van der Waals surface area contributed by atoms with Crippen molar-refractivity contribution < 1.29 is 29.1 Å². The fourth-order valence-electron chi connectivity index (χ4n) is 3.20. The maximum Gasteiger partial charge on any atom is 0.326 e. The number of hydrogen-bond donors (Lipinski definition) is 7. The molecule has 0 spiro atoms. The van der Waals surface area contributed by atoms with E-state index in [1.54, 1.807) is 6.92 Å². The highest BCUT2D eigenvalue weighted by Crippen LogP contribution is 2.08. The van der Waals surface area contributed by atoms with Gasteiger partial charge in [0, 0.05) is 24.7 Å². The Hall–Kier alpha value is -3.13. The van der Waals surface area contributed by atoms with Gasteiger partial charge in [0.15, 0.2) is 0 Å². The van der Waals surface area contributed by atoms with Crippen LogP contribution in [-0.4, -0.2) is 80.8 Å². The number of aromatic amines is 1. The predicted octanol–water partition coefficient (Wildman–Crippen LogP) is -1.12. The minimum Gasteiger partial charge on any atom is -0.480 e. The third kappa shape index (κ3) is 10.6. The lowest BCUT2D eigenvalue weighted by Crippen LogP contribution is -2.58. The molecular weight excluding hydrogens is 490 g/mol. The van der Waals surface area contributed by atoms with Crippen molar-refractivity contribution in [2.24, 2.45) is 17.4 Å². The Morgan fingerprint density at radius 1 is 1.06 bits per heavy atom. The van der Waals surface area contributed by atoms with E-state index in [0.717, 1.165) is 0 Å². The number of carbonyl (C=O) groups excluding carboxylic acids is 4. The number of nitrogens with one attached hydrogen (secondary N) is 4. The second-order valence-electron chi connectivity index (χ2n) is 8.50. The number of carbonyl (C=O) groups is 5. The summed E-state index contributed by atoms with van der Waals surface area (Å²) in [6.45, 7) is 3.67. The molecule has 0 aromatic carbocycles. The van der Waals surface area contributed by atoms with Gasteiger partial charge in [-0.3, -0.25) is 19.2 Å². The van der Waals surface area contributed by atoms with Crippen molar-refractivity contribution in [3.05, 3.63) is 18.2 Å². The second-order valence-corrected chi connectivity index (χ2v) is 9.49. The van der Waals surface area contributed by atoms with Gasteiger partial charge in [-0.25, -0.2) is 9.78 Å². The number of rotatable bonds is 17. The standard InChI is InChI=1S/C22H37N7O6S/c1-4-12(2)18(24)21(33)27-14(5-6-17(23)30)19(31)29-16(9-13-10-25-11-26-13)20(32)28-15(22(34)35)7-8-36-3/h10-12,14-16,18H,4-9,24H2,1-3H3,(H2,23,30)(H,25,26)(H,27,33)(H,28,32)(H,29,31)(H,34,35). The first-order chi connectivity index (χ1) is 17.0. The van der Waals surface area contributed by atoms with Crippen LogP contribution in [0.15, 0.2) is 12.5 Å². The number of carboxylic acids is 1. The molecule has 5 atom stereocenters. The summed E-state index contributed by atoms with van der Waals surface area (Å²) in [6.07, 6.45) is 5.19. The van der Waals surface area contributed by atoms with Crippen molar-refractivity contribution in [1.82, 2.24) is 25.9 Å². The van der Waals surface area contributed by atoms with Gasteiger partial charge >= 0.3 is 5.97 Å². The first-order valence-corrected chi connectivity index (χ1v) is 13.0. The largest absolute Gasteiger partial charge is 0.480 e. The van der Waals surface area contributed by atoms with Crippen molar-refractivity contribution in [2.75, 3.05) is 12.0 Å². The van der Waals surface area contributed by atoms with E-state index in [-0.39, 0.29) is 31.6 Å². The van der Waals surface area contributed by atoms with Crippen LogP contribution in [0.1, 0.15) is 45.2 Å². The summed E-state index contributed by atoms with van der Waals surface area (Å²) in [6, 6.07) is -4.41. The van der Waals surface area contributed by atoms with Crippen LogP contribution >= 0.6 is 11.8 Å². The van der Waals surface area contributed by atoms with E-state index in [9.17, 15) is 29.1 Å². The molecule has 1 rings (SSSR count). The molecular formula is C22H37N7O6S. The van der Waals surface area contributed by atoms with Crippen LogP contribution in [0.25, 0.3) is 0 Å². The van der Waals surface area contributed by atoms with Gasteiger partial charge in [-0.15, -0.1) is 0 Å². The number of H-pyrrole nitrogens is 1. The third-order valence-electron chi connectivity index (χ3n) is 5.71. The average molecular weight is 528 g/mol. The zero-order valence-electron chi connectivity index (χ0n) is 20.8. The van der Waals surface area contributed by atoms with Crippen LogP contribution in [-0.2, 0) is 30.4 Å². The molecule has 13 nitrogen and oxygen atoms in total. The zero-order valence-corrected chi connectivity index (χ0v) is 21.6. The smallest absolute Gasteiger partial charge is 0.326 e. The number of imidazole rings is 1. The number of primary amides is 1. The molecule has 1 aromatic rings. The number of nitrogens with two attached hydrogens (primary N) is 2. The maximum absolute atomic E-state index is 13.1. The van der Waals surface area contributed by atoms with Crippen molar-refractivity contribution >= 4 is 41.4 Å². The van der Waals surface area contributed by atoms with Gasteiger partial charge in [0.05, 0.1) is 12.4 Å². The summed E-state index contributed by atoms with van der Waals surface area (Å²) in [5.74, 6) is -3.55. The molecule has 0 aliphatic carbocycles. The maximum atomic E-state index is 13.1. The molecule has 202 valence electrons. The lowest BCUT2D eigenvalue weighted by Gasteiger charge is -2.26. The van der Waals surface area contributed by atoms with Crippen LogP contribution in [0.3, 0.4) is 0 Å². The Morgan fingerprint density at radius 2 is 1.67 bits per heavy atom. The fourth-order valence-corrected chi connectivity index (χ4v) is 3.67. The lowest BCUT2D eigenvalue weighted by molar-refractivity contribution is -0.142. The molecule has 0 saturated carbocycles. The number of amides is 4. The highest BCUT2D eigenvalue weighted by Gasteiger charge is 2.31. The molecule has 1 heterocycles. The average Bonchev–Trinajstić information content (AvgIpc) is 3.35. The molecule has 0 saturated heterocycles. The number of thioether (sulfide) groups is 1. The predicted molar refractivity (Wildman–Crippen MR) is 135 cm³/mol. The number of aliphatic carboxylic acids is 1. The summed E-state index contributed by atoms with van der Waals surface area (Å²) >= 11 is 1.43. The summed E-state index contributed by atoms with van der Waals surface area (Å²) in [4.78, 5) is 68.4. The molecule has 0 bridgehead atoms. The minimum absolute atomic E-state index is 0.0185. The highest BCUT2D eigenvalue weighted by molar-refractivity contribution is 7.98. The van der Waals surface area contributed by atoms with Crippen molar-refractivity contribution in [1.29, 1.82) is 0 Å². The topological polar surface area (TPSA) is 222 Å². The summed E-state index contributed by atoms with van der Waals surface area (Å²) in [7, 11) is 0. The molecule has 14 heteroatoms. The lowest BCUT2D eigenvalue weighted by atomic mass is 9.98. The number of hydrogen-bond acceptors (Lipinski definition) is 8. The first-order valence-electron chi connectivity index (χ1n) is 11.6. The van der Waals surface area contributed by atoms with E-state index in [4.69, 9.17) is 11.5 Å². The Balaban J connectivity index is 3.08. The van der Waals surface area contributed by atoms with E-state index in [2.05, 4.69) is 25.9 Å². The Labute approximate surface area is 214 Å². The van der Waals surface area contributed by atoms with Gasteiger partial charge in [-0.05, 0) is 30.8 Å². The van der Waals surface area contributed by atoms with E-state index in [1.165, 1.54) is 24.3 Å². The van der Waals surface area contributed by atoms with E-state index >= 15 is 0 Å². The van der Waals surface area contributed by atoms with Gasteiger partial charge in [0.1, 0.15) is 18.1 Å². The van der Waals surface area contributed by atoms with Gasteiger partial charge in [-0.2, -0.15) is 11.8 Å². The van der Waals surface area contributed by atoms with Crippen molar-refractivity contribution in [3.63, 3.8) is 0 Å². The first kappa shape index (κ1) is 30.9. The third-order valence-corrected chi connectivity index (χ3v) is 6.35. The SMILES string of the molecule is CCC(C)C(N)C(=O)NC(CCC(N)=O)C(=O)NC(Cc1cnc[nH]1)C(=O)NC(CCSC)C(=O)O. The van der Waals surface area contributed by atoms with E-state index in [0.29, 0.717) is 17.9 Å². The van der Waals surface area contributed by atoms with Crippen LogP contribution in [0, 0.1) is 5.92 Å². The number of carboxylic acid groups (broad SMARTS) is 1. The zero-order chi connectivity index (χ0) is 27.3. The summed E-state index contributed by atoms with van der Waals surface area (Å²) in [5, 5.41) is 17.0. The quantitative estimate of drug-likeness (QED) is 0.130. The minimum atomic E-state index is -1.20. The molecule has 36 heavy (non-hydrogen) atoms. The van der Waals surface area contributed by atoms with Crippen LogP contribution < -0.4 is 27.4 Å². The fraction of sp³-hybridized carbons (Fsp3) is 0.636. The summed E-state index contributed by atoms with van der Waals surface area (Å²) in [5.41, 5.74) is 11.7. The monoisotopic (exact) mass is 527 g/mol. The Morgan fingerprint density at radius 3 is 2.19 bits per heavy atom. The number of aromatic nitrogens is 2. The van der Waals surface area contributed by atoms with Crippen molar-refractivity contribution in [2.45, 2.75) is 70.1 Å². The molecule has 4 amide bonds. The van der Waals surface area contributed by atoms with Gasteiger partial charge < -0.3 is 37.5 Å². The molecule has 0 aliphatic heterocycles. The van der Waals surface area contributed by atoms with Crippen LogP contribution in [0.2, 0.25) is 0 Å². The number of nitrogens with zero attached hydrogens (tertiary/aromatic N) is 1.